The highest BCUT2D eigenvalue weighted by molar-refractivity contribution is 6.22. The van der Waals surface area contributed by atoms with Crippen LogP contribution in [0.2, 0.25) is 0 Å². The highest BCUT2D eigenvalue weighted by atomic mass is 19.1. The number of fused-ring (bicyclic) bond motifs is 4. The van der Waals surface area contributed by atoms with Crippen molar-refractivity contribution in [2.75, 3.05) is 10.2 Å². The molecule has 1 unspecified atom stereocenters. The lowest BCUT2D eigenvalue weighted by Crippen LogP contribution is -2.44. The van der Waals surface area contributed by atoms with Gasteiger partial charge >= 0.3 is 6.03 Å². The number of aryl methyl sites for hydroxylation is 1. The van der Waals surface area contributed by atoms with Crippen LogP contribution in [0.5, 0.6) is 0 Å². The van der Waals surface area contributed by atoms with E-state index in [0.717, 1.165) is 33.3 Å². The van der Waals surface area contributed by atoms with E-state index in [4.69, 9.17) is 0 Å². The number of urea groups is 1. The predicted molar refractivity (Wildman–Crippen MR) is 154 cm³/mol. The zero-order chi connectivity index (χ0) is 28.2. The summed E-state index contributed by atoms with van der Waals surface area (Å²) in [5, 5.41) is 3.77. The number of hydrogen-bond acceptors (Lipinski definition) is 3. The van der Waals surface area contributed by atoms with Gasteiger partial charge in [0.1, 0.15) is 17.9 Å². The number of imide groups is 1. The van der Waals surface area contributed by atoms with Crippen LogP contribution in [0.4, 0.5) is 20.6 Å². The number of nitrogens with one attached hydrogen (secondary N) is 2. The zero-order valence-corrected chi connectivity index (χ0v) is 22.1. The summed E-state index contributed by atoms with van der Waals surface area (Å²) >= 11 is 0. The molecule has 4 amide bonds. The number of para-hydroxylation sites is 1. The van der Waals surface area contributed by atoms with Crippen LogP contribution < -0.4 is 10.2 Å². The molecular formula is C33H25FN4O3. The second-order valence-electron chi connectivity index (χ2n) is 10.5. The molecule has 2 aliphatic heterocycles. The van der Waals surface area contributed by atoms with Crippen molar-refractivity contribution in [3.63, 3.8) is 0 Å². The number of rotatable bonds is 4. The lowest BCUT2D eigenvalue weighted by atomic mass is 9.88. The molecule has 2 atom stereocenters. The summed E-state index contributed by atoms with van der Waals surface area (Å²) < 4.78 is 13.2. The number of nitrogens with zero attached hydrogens (tertiary/aromatic N) is 2. The van der Waals surface area contributed by atoms with Crippen molar-refractivity contribution in [1.82, 2.24) is 9.88 Å². The van der Waals surface area contributed by atoms with Gasteiger partial charge in [-0.15, -0.1) is 0 Å². The molecule has 2 N–H and O–H groups in total. The number of aromatic nitrogens is 1. The zero-order valence-electron chi connectivity index (χ0n) is 22.1. The van der Waals surface area contributed by atoms with Crippen molar-refractivity contribution in [2.45, 2.75) is 25.4 Å². The van der Waals surface area contributed by atoms with Gasteiger partial charge < -0.3 is 10.3 Å². The Hall–Kier alpha value is -5.24. The molecule has 1 fully saturated rings. The van der Waals surface area contributed by atoms with Crippen LogP contribution in [-0.2, 0) is 11.2 Å². The van der Waals surface area contributed by atoms with E-state index in [-0.39, 0.29) is 11.8 Å². The fourth-order valence-electron chi connectivity index (χ4n) is 5.91. The van der Waals surface area contributed by atoms with Crippen molar-refractivity contribution in [3.8, 4) is 0 Å². The van der Waals surface area contributed by atoms with Crippen LogP contribution in [0.3, 0.4) is 0 Å². The first-order chi connectivity index (χ1) is 19.9. The first-order valence-electron chi connectivity index (χ1n) is 13.4. The minimum atomic E-state index is -0.665. The summed E-state index contributed by atoms with van der Waals surface area (Å²) in [4.78, 5) is 47.1. The van der Waals surface area contributed by atoms with Crippen molar-refractivity contribution >= 4 is 40.1 Å². The monoisotopic (exact) mass is 544 g/mol. The molecule has 4 aromatic carbocycles. The molecule has 7 rings (SSSR count). The van der Waals surface area contributed by atoms with Gasteiger partial charge in [-0.3, -0.25) is 14.5 Å². The SMILES string of the molecule is Cc1ccc(C2c3[nH]c4ccccc4c3C[C@H]3C(=O)N(c4ccc(C(=O)Nc5ccc(F)cc5)cc4)C(=O)N23)cc1. The Morgan fingerprint density at radius 1 is 0.902 bits per heavy atom. The van der Waals surface area contributed by atoms with Gasteiger partial charge in [0.25, 0.3) is 11.8 Å². The molecule has 5 aromatic rings. The van der Waals surface area contributed by atoms with E-state index in [0.29, 0.717) is 23.4 Å². The number of anilines is 2. The Morgan fingerprint density at radius 2 is 1.61 bits per heavy atom. The van der Waals surface area contributed by atoms with Crippen molar-refractivity contribution in [2.24, 2.45) is 0 Å². The standard InChI is InChI=1S/C33H25FN4O3/c1-19-6-8-20(9-7-19)30-29-26(25-4-2-3-5-27(25)36-29)18-28-32(40)37(33(41)38(28)30)24-16-10-21(11-17-24)31(39)35-23-14-12-22(34)13-15-23/h2-17,28,30,36H,18H2,1H3,(H,35,39)/t28-,30?/m0/s1. The lowest BCUT2D eigenvalue weighted by molar-refractivity contribution is -0.120. The molecule has 3 heterocycles. The number of carbonyl (C=O) groups is 3. The van der Waals surface area contributed by atoms with Gasteiger partial charge in [0.2, 0.25) is 0 Å². The second kappa shape index (κ2) is 9.45. The van der Waals surface area contributed by atoms with Crippen molar-refractivity contribution in [3.05, 3.63) is 131 Å². The molecule has 41 heavy (non-hydrogen) atoms. The molecule has 7 nitrogen and oxygen atoms in total. The molecule has 0 saturated carbocycles. The van der Waals surface area contributed by atoms with Gasteiger partial charge in [0, 0.05) is 34.3 Å². The Morgan fingerprint density at radius 3 is 2.34 bits per heavy atom. The van der Waals surface area contributed by atoms with Gasteiger partial charge in [-0.25, -0.2) is 14.1 Å². The van der Waals surface area contributed by atoms with E-state index in [9.17, 15) is 18.8 Å². The molecule has 202 valence electrons. The number of halogens is 1. The minimum Gasteiger partial charge on any atom is -0.356 e. The second-order valence-corrected chi connectivity index (χ2v) is 10.5. The quantitative estimate of drug-likeness (QED) is 0.259. The van der Waals surface area contributed by atoms with Gasteiger partial charge in [0.15, 0.2) is 0 Å². The summed E-state index contributed by atoms with van der Waals surface area (Å²) in [6.07, 6.45) is 0.404. The first-order valence-corrected chi connectivity index (χ1v) is 13.4. The number of benzene rings is 4. The van der Waals surface area contributed by atoms with Crippen LogP contribution in [0, 0.1) is 12.7 Å². The predicted octanol–water partition coefficient (Wildman–Crippen LogP) is 6.35. The fraction of sp³-hybridized carbons (Fsp3) is 0.121. The number of aromatic amines is 1. The molecule has 1 aromatic heterocycles. The van der Waals surface area contributed by atoms with Crippen molar-refractivity contribution < 1.29 is 18.8 Å². The molecule has 0 radical (unpaired) electrons. The Bertz CT molecular complexity index is 1830. The summed E-state index contributed by atoms with van der Waals surface area (Å²) in [7, 11) is 0. The third kappa shape index (κ3) is 4.07. The van der Waals surface area contributed by atoms with Gasteiger partial charge in [-0.1, -0.05) is 48.0 Å². The van der Waals surface area contributed by atoms with E-state index < -0.39 is 23.9 Å². The average Bonchev–Trinajstić information content (AvgIpc) is 3.48. The van der Waals surface area contributed by atoms with Crippen molar-refractivity contribution in [1.29, 1.82) is 0 Å². The number of amides is 4. The largest absolute Gasteiger partial charge is 0.356 e. The molecular weight excluding hydrogens is 519 g/mol. The number of hydrogen-bond donors (Lipinski definition) is 2. The smallest absolute Gasteiger partial charge is 0.332 e. The fourth-order valence-corrected chi connectivity index (χ4v) is 5.91. The topological polar surface area (TPSA) is 85.5 Å². The molecule has 0 aliphatic carbocycles. The average molecular weight is 545 g/mol. The van der Waals surface area contributed by atoms with Crippen LogP contribution in [0.25, 0.3) is 10.9 Å². The van der Waals surface area contributed by atoms with E-state index in [1.807, 2.05) is 55.5 Å². The van der Waals surface area contributed by atoms with Crippen LogP contribution >= 0.6 is 0 Å². The van der Waals surface area contributed by atoms with E-state index in [2.05, 4.69) is 10.3 Å². The summed E-state index contributed by atoms with van der Waals surface area (Å²) in [6.45, 7) is 2.01. The minimum absolute atomic E-state index is 0.299. The summed E-state index contributed by atoms with van der Waals surface area (Å²) in [6, 6.07) is 26.3. The Balaban J connectivity index is 1.23. The van der Waals surface area contributed by atoms with Crippen LogP contribution in [0.15, 0.2) is 97.1 Å². The molecule has 1 saturated heterocycles. The normalized spacial score (nSPS) is 18.0. The van der Waals surface area contributed by atoms with Crippen LogP contribution in [0.1, 0.15) is 38.8 Å². The van der Waals surface area contributed by atoms with Gasteiger partial charge in [-0.05, 0) is 72.6 Å². The summed E-state index contributed by atoms with van der Waals surface area (Å²) in [5.74, 6) is -1.08. The maximum absolute atomic E-state index is 14.0. The first kappa shape index (κ1) is 24.8. The summed E-state index contributed by atoms with van der Waals surface area (Å²) in [5.41, 5.74) is 6.15. The molecule has 8 heteroatoms. The maximum atomic E-state index is 14.0. The van der Waals surface area contributed by atoms with E-state index in [1.165, 1.54) is 29.2 Å². The third-order valence-corrected chi connectivity index (χ3v) is 7.93. The third-order valence-electron chi connectivity index (χ3n) is 7.93. The lowest BCUT2D eigenvalue weighted by Gasteiger charge is -2.36. The number of carbonyl (C=O) groups excluding carboxylic acids is 3. The van der Waals surface area contributed by atoms with E-state index in [1.54, 1.807) is 29.2 Å². The highest BCUT2D eigenvalue weighted by Gasteiger charge is 2.53. The van der Waals surface area contributed by atoms with Crippen LogP contribution in [-0.4, -0.2) is 33.8 Å². The maximum Gasteiger partial charge on any atom is 0.332 e. The molecule has 0 bridgehead atoms. The Labute approximate surface area is 235 Å². The van der Waals surface area contributed by atoms with Gasteiger partial charge in [0.05, 0.1) is 5.69 Å². The Kier molecular flexibility index (Phi) is 5.71. The molecule has 0 spiro atoms. The van der Waals surface area contributed by atoms with E-state index >= 15 is 0 Å². The molecule has 2 aliphatic rings. The highest BCUT2D eigenvalue weighted by Crippen LogP contribution is 2.44. The number of H-pyrrole nitrogens is 1. The van der Waals surface area contributed by atoms with Gasteiger partial charge in [-0.2, -0.15) is 0 Å².